The van der Waals surface area contributed by atoms with Crippen LogP contribution >= 0.6 is 0 Å². The summed E-state index contributed by atoms with van der Waals surface area (Å²) in [6, 6.07) is 8.15. The molecule has 0 amide bonds. The maximum absolute atomic E-state index is 9.05. The van der Waals surface area contributed by atoms with Crippen molar-refractivity contribution in [1.82, 2.24) is 4.90 Å². The summed E-state index contributed by atoms with van der Waals surface area (Å²) in [6.07, 6.45) is 0.944. The van der Waals surface area contributed by atoms with Gasteiger partial charge in [-0.1, -0.05) is 24.3 Å². The predicted molar refractivity (Wildman–Crippen MR) is 65.5 cm³/mol. The second-order valence-corrected chi connectivity index (χ2v) is 4.18. The number of aryl methyl sites for hydroxylation is 1. The number of hydrogen-bond acceptors (Lipinski definition) is 3. The first kappa shape index (κ1) is 13.2. The molecular weight excluding hydrogens is 202 g/mol. The second-order valence-electron chi connectivity index (χ2n) is 4.18. The minimum absolute atomic E-state index is 0.000766. The summed E-state index contributed by atoms with van der Waals surface area (Å²) < 4.78 is 0. The summed E-state index contributed by atoms with van der Waals surface area (Å²) in [4.78, 5) is 1.99. The van der Waals surface area contributed by atoms with Gasteiger partial charge in [-0.05, 0) is 31.5 Å². The monoisotopic (exact) mass is 223 g/mol. The van der Waals surface area contributed by atoms with Crippen LogP contribution in [0.2, 0.25) is 0 Å². The van der Waals surface area contributed by atoms with Crippen LogP contribution in [0.4, 0.5) is 0 Å². The first-order valence-corrected chi connectivity index (χ1v) is 5.65. The quantitative estimate of drug-likeness (QED) is 0.750. The van der Waals surface area contributed by atoms with Crippen molar-refractivity contribution in [2.75, 3.05) is 26.8 Å². The zero-order valence-corrected chi connectivity index (χ0v) is 10.1. The van der Waals surface area contributed by atoms with Crippen molar-refractivity contribution in [3.05, 3.63) is 35.4 Å². The number of likely N-dealkylation sites (N-methyl/N-ethyl adjacent to an activating group) is 1. The van der Waals surface area contributed by atoms with E-state index in [9.17, 15) is 0 Å². The summed E-state index contributed by atoms with van der Waals surface area (Å²) >= 11 is 0. The van der Waals surface area contributed by atoms with Gasteiger partial charge in [0.2, 0.25) is 0 Å². The normalized spacial score (nSPS) is 11.4. The summed E-state index contributed by atoms with van der Waals surface area (Å²) in [5, 5.41) is 18.1. The molecule has 90 valence electrons. The Morgan fingerprint density at radius 1 is 1.19 bits per heavy atom. The van der Waals surface area contributed by atoms with Crippen LogP contribution in [-0.2, 0) is 6.42 Å². The van der Waals surface area contributed by atoms with Crippen LogP contribution in [0.3, 0.4) is 0 Å². The lowest BCUT2D eigenvalue weighted by molar-refractivity contribution is 0.0925. The molecule has 0 spiro atoms. The molecule has 0 atom stereocenters. The van der Waals surface area contributed by atoms with Crippen LogP contribution in [0.15, 0.2) is 24.3 Å². The Morgan fingerprint density at radius 3 is 2.38 bits per heavy atom. The van der Waals surface area contributed by atoms with Crippen molar-refractivity contribution < 1.29 is 10.2 Å². The number of hydrogen-bond donors (Lipinski definition) is 2. The minimum Gasteiger partial charge on any atom is -0.395 e. The van der Waals surface area contributed by atoms with Gasteiger partial charge >= 0.3 is 0 Å². The van der Waals surface area contributed by atoms with Crippen molar-refractivity contribution in [2.45, 2.75) is 19.4 Å². The molecule has 0 aromatic heterocycles. The van der Waals surface area contributed by atoms with E-state index >= 15 is 0 Å². The molecule has 0 unspecified atom stereocenters. The first-order valence-electron chi connectivity index (χ1n) is 5.65. The van der Waals surface area contributed by atoms with Crippen LogP contribution in [-0.4, -0.2) is 48.0 Å². The second kappa shape index (κ2) is 6.63. The zero-order valence-electron chi connectivity index (χ0n) is 10.1. The molecule has 1 aromatic rings. The largest absolute Gasteiger partial charge is 0.395 e. The van der Waals surface area contributed by atoms with Gasteiger partial charge in [-0.15, -0.1) is 0 Å². The molecule has 1 aromatic carbocycles. The Bertz CT molecular complexity index is 311. The molecule has 2 N–H and O–H groups in total. The van der Waals surface area contributed by atoms with Gasteiger partial charge in [0.1, 0.15) is 0 Å². The van der Waals surface area contributed by atoms with Gasteiger partial charge in [-0.25, -0.2) is 0 Å². The number of aliphatic hydroxyl groups is 2. The average molecular weight is 223 g/mol. The SMILES string of the molecule is Cc1ccccc1CCN(C)C(CO)CO. The lowest BCUT2D eigenvalue weighted by atomic mass is 10.1. The van der Waals surface area contributed by atoms with Gasteiger partial charge < -0.3 is 10.2 Å². The topological polar surface area (TPSA) is 43.7 Å². The van der Waals surface area contributed by atoms with Crippen molar-refractivity contribution >= 4 is 0 Å². The maximum atomic E-state index is 9.05. The fourth-order valence-electron chi connectivity index (χ4n) is 1.71. The van der Waals surface area contributed by atoms with Crippen molar-refractivity contribution in [3.8, 4) is 0 Å². The fourth-order valence-corrected chi connectivity index (χ4v) is 1.71. The Labute approximate surface area is 97.3 Å². The van der Waals surface area contributed by atoms with Gasteiger partial charge in [-0.3, -0.25) is 4.90 Å². The van der Waals surface area contributed by atoms with Crippen molar-refractivity contribution in [1.29, 1.82) is 0 Å². The van der Waals surface area contributed by atoms with Crippen molar-refractivity contribution in [2.24, 2.45) is 0 Å². The summed E-state index contributed by atoms with van der Waals surface area (Å²) in [5.41, 5.74) is 2.62. The van der Waals surface area contributed by atoms with Gasteiger partial charge in [0.15, 0.2) is 0 Å². The van der Waals surface area contributed by atoms with Crippen LogP contribution < -0.4 is 0 Å². The maximum Gasteiger partial charge on any atom is 0.0609 e. The van der Waals surface area contributed by atoms with E-state index < -0.39 is 0 Å². The molecule has 0 saturated heterocycles. The van der Waals surface area contributed by atoms with Crippen LogP contribution in [0, 0.1) is 6.92 Å². The van der Waals surface area contributed by atoms with E-state index in [1.807, 2.05) is 24.1 Å². The number of rotatable bonds is 6. The Hall–Kier alpha value is -0.900. The predicted octanol–water partition coefficient (Wildman–Crippen LogP) is 0.823. The smallest absolute Gasteiger partial charge is 0.0609 e. The summed E-state index contributed by atoms with van der Waals surface area (Å²) in [5.74, 6) is 0. The minimum atomic E-state index is -0.149. The van der Waals surface area contributed by atoms with E-state index in [1.54, 1.807) is 0 Å². The molecule has 0 aliphatic rings. The standard InChI is InChI=1S/C13H21NO2/c1-11-5-3-4-6-12(11)7-8-14(2)13(9-15)10-16/h3-6,13,15-16H,7-10H2,1-2H3. The van der Waals surface area contributed by atoms with E-state index in [1.165, 1.54) is 11.1 Å². The third kappa shape index (κ3) is 3.59. The van der Waals surface area contributed by atoms with Crippen LogP contribution in [0.25, 0.3) is 0 Å². The van der Waals surface area contributed by atoms with E-state index in [-0.39, 0.29) is 19.3 Å². The lowest BCUT2D eigenvalue weighted by Crippen LogP contribution is -2.38. The van der Waals surface area contributed by atoms with E-state index in [2.05, 4.69) is 19.1 Å². The van der Waals surface area contributed by atoms with E-state index in [0.29, 0.717) is 0 Å². The molecule has 0 fully saturated rings. The Morgan fingerprint density at radius 2 is 1.81 bits per heavy atom. The highest BCUT2D eigenvalue weighted by molar-refractivity contribution is 5.25. The summed E-state index contributed by atoms with van der Waals surface area (Å²) in [7, 11) is 1.93. The number of benzene rings is 1. The molecule has 0 heterocycles. The molecule has 0 aliphatic carbocycles. The highest BCUT2D eigenvalue weighted by Crippen LogP contribution is 2.08. The third-order valence-corrected chi connectivity index (χ3v) is 3.04. The molecule has 0 bridgehead atoms. The Kier molecular flexibility index (Phi) is 5.46. The van der Waals surface area contributed by atoms with Crippen LogP contribution in [0.5, 0.6) is 0 Å². The molecule has 0 radical (unpaired) electrons. The highest BCUT2D eigenvalue weighted by Gasteiger charge is 2.12. The fraction of sp³-hybridized carbons (Fsp3) is 0.538. The lowest BCUT2D eigenvalue weighted by Gasteiger charge is -2.24. The van der Waals surface area contributed by atoms with Gasteiger partial charge in [0.25, 0.3) is 0 Å². The van der Waals surface area contributed by atoms with Crippen molar-refractivity contribution in [3.63, 3.8) is 0 Å². The molecule has 0 aliphatic heterocycles. The van der Waals surface area contributed by atoms with Gasteiger partial charge in [0.05, 0.1) is 19.3 Å². The molecule has 1 rings (SSSR count). The zero-order chi connectivity index (χ0) is 12.0. The molecular formula is C13H21NO2. The van der Waals surface area contributed by atoms with Gasteiger partial charge in [0, 0.05) is 6.54 Å². The molecule has 3 heteroatoms. The van der Waals surface area contributed by atoms with Gasteiger partial charge in [-0.2, -0.15) is 0 Å². The summed E-state index contributed by atoms with van der Waals surface area (Å²) in [6.45, 7) is 2.95. The highest BCUT2D eigenvalue weighted by atomic mass is 16.3. The van der Waals surface area contributed by atoms with E-state index in [0.717, 1.165) is 13.0 Å². The van der Waals surface area contributed by atoms with Crippen LogP contribution in [0.1, 0.15) is 11.1 Å². The number of nitrogens with zero attached hydrogens (tertiary/aromatic N) is 1. The Balaban J connectivity index is 2.48. The molecule has 3 nitrogen and oxygen atoms in total. The molecule has 16 heavy (non-hydrogen) atoms. The molecule has 0 saturated carbocycles. The number of aliphatic hydroxyl groups excluding tert-OH is 2. The first-order chi connectivity index (χ1) is 7.69. The third-order valence-electron chi connectivity index (χ3n) is 3.04. The average Bonchev–Trinajstić information content (AvgIpc) is 2.29. The van der Waals surface area contributed by atoms with E-state index in [4.69, 9.17) is 10.2 Å².